The van der Waals surface area contributed by atoms with E-state index in [2.05, 4.69) is 20.1 Å². The molecule has 4 aromatic rings. The number of nitrogen functional groups attached to an aromatic ring is 1. The summed E-state index contributed by atoms with van der Waals surface area (Å²) in [6, 6.07) is 3.34. The van der Waals surface area contributed by atoms with Crippen LogP contribution in [0.5, 0.6) is 0 Å². The van der Waals surface area contributed by atoms with E-state index in [1.807, 2.05) is 0 Å². The second kappa shape index (κ2) is 5.54. The van der Waals surface area contributed by atoms with Gasteiger partial charge in [-0.2, -0.15) is 10.1 Å². The molecule has 134 valence electrons. The average Bonchev–Trinajstić information content (AvgIpc) is 3.27. The normalized spacial score (nSPS) is 12.1. The fourth-order valence-electron chi connectivity index (χ4n) is 2.66. The van der Waals surface area contributed by atoms with Crippen LogP contribution in [0.4, 0.5) is 5.95 Å². The van der Waals surface area contributed by atoms with Crippen LogP contribution in [0.2, 0.25) is 5.15 Å². The molecular weight excluding hydrogens is 382 g/mol. The van der Waals surface area contributed by atoms with Gasteiger partial charge in [0.25, 0.3) is 10.0 Å². The topological polar surface area (TPSA) is 135 Å². The van der Waals surface area contributed by atoms with Crippen molar-refractivity contribution in [2.75, 3.05) is 5.73 Å². The molecule has 4 aromatic heterocycles. The van der Waals surface area contributed by atoms with Crippen LogP contribution >= 0.6 is 11.6 Å². The van der Waals surface area contributed by atoms with Crippen LogP contribution in [0.25, 0.3) is 22.6 Å². The molecule has 4 rings (SSSR count). The van der Waals surface area contributed by atoms with Crippen molar-refractivity contribution in [1.82, 2.24) is 28.7 Å². The van der Waals surface area contributed by atoms with Gasteiger partial charge in [-0.05, 0) is 19.1 Å². The van der Waals surface area contributed by atoms with Crippen LogP contribution < -0.4 is 5.73 Å². The predicted molar refractivity (Wildman–Crippen MR) is 93.0 cm³/mol. The molecule has 0 aliphatic heterocycles. The summed E-state index contributed by atoms with van der Waals surface area (Å²) in [5.74, 6) is 0.275. The van der Waals surface area contributed by atoms with Crippen molar-refractivity contribution in [3.05, 3.63) is 35.6 Å². The van der Waals surface area contributed by atoms with Crippen molar-refractivity contribution < 1.29 is 12.8 Å². The number of aromatic nitrogens is 6. The number of hydrogen-bond donors (Lipinski definition) is 1. The molecule has 0 unspecified atom stereocenters. The number of furan rings is 1. The second-order valence-electron chi connectivity index (χ2n) is 5.45. The number of anilines is 1. The van der Waals surface area contributed by atoms with Crippen LogP contribution in [0, 0.1) is 6.92 Å². The Hall–Kier alpha value is -2.92. The van der Waals surface area contributed by atoms with Gasteiger partial charge in [0.05, 0.1) is 12.0 Å². The zero-order valence-corrected chi connectivity index (χ0v) is 15.2. The van der Waals surface area contributed by atoms with Gasteiger partial charge in [-0.25, -0.2) is 22.4 Å². The summed E-state index contributed by atoms with van der Waals surface area (Å²) in [6.07, 6.45) is 2.59. The third kappa shape index (κ3) is 2.28. The largest absolute Gasteiger partial charge is 0.463 e. The van der Waals surface area contributed by atoms with E-state index in [1.165, 1.54) is 10.9 Å². The van der Waals surface area contributed by atoms with E-state index in [0.717, 1.165) is 10.3 Å². The maximum Gasteiger partial charge on any atom is 0.275 e. The molecule has 0 bridgehead atoms. The van der Waals surface area contributed by atoms with Crippen LogP contribution in [0.1, 0.15) is 5.69 Å². The highest BCUT2D eigenvalue weighted by molar-refractivity contribution is 7.90. The Morgan fingerprint density at radius 3 is 2.69 bits per heavy atom. The third-order valence-corrected chi connectivity index (χ3v) is 6.09. The van der Waals surface area contributed by atoms with Crippen molar-refractivity contribution in [3.8, 4) is 11.5 Å². The first kappa shape index (κ1) is 16.5. The van der Waals surface area contributed by atoms with E-state index >= 15 is 0 Å². The van der Waals surface area contributed by atoms with Gasteiger partial charge in [0.1, 0.15) is 27.6 Å². The first-order chi connectivity index (χ1) is 12.3. The van der Waals surface area contributed by atoms with Gasteiger partial charge in [-0.1, -0.05) is 11.6 Å². The fourth-order valence-corrected chi connectivity index (χ4v) is 4.61. The minimum absolute atomic E-state index is 0.0161. The molecule has 0 amide bonds. The highest BCUT2D eigenvalue weighted by atomic mass is 35.5. The molecule has 26 heavy (non-hydrogen) atoms. The van der Waals surface area contributed by atoms with Gasteiger partial charge < -0.3 is 10.2 Å². The summed E-state index contributed by atoms with van der Waals surface area (Å²) in [7, 11) is -2.55. The fraction of sp³-hybridized carbons (Fsp3) is 0.143. The molecule has 0 saturated carbocycles. The molecule has 0 radical (unpaired) electrons. The minimum atomic E-state index is -4.10. The number of fused-ring (bicyclic) bond motifs is 1. The molecule has 0 atom stereocenters. The molecular formula is C14H12ClN7O3S. The molecule has 0 aliphatic carbocycles. The van der Waals surface area contributed by atoms with E-state index in [1.54, 1.807) is 26.1 Å². The number of hydrogen-bond acceptors (Lipinski definition) is 8. The van der Waals surface area contributed by atoms with Crippen LogP contribution in [-0.4, -0.2) is 37.1 Å². The van der Waals surface area contributed by atoms with Gasteiger partial charge in [-0.15, -0.1) is 0 Å². The number of imidazole rings is 1. The minimum Gasteiger partial charge on any atom is -0.463 e. The highest BCUT2D eigenvalue weighted by Gasteiger charge is 2.30. The summed E-state index contributed by atoms with van der Waals surface area (Å²) in [5.41, 5.74) is 6.56. The molecule has 2 N–H and O–H groups in total. The highest BCUT2D eigenvalue weighted by Crippen LogP contribution is 2.31. The molecule has 0 aliphatic rings. The smallest absolute Gasteiger partial charge is 0.275 e. The number of aryl methyl sites for hydroxylation is 2. The van der Waals surface area contributed by atoms with Gasteiger partial charge in [0, 0.05) is 7.05 Å². The Balaban J connectivity index is 2.02. The number of nitrogens with two attached hydrogens (primary N) is 1. The van der Waals surface area contributed by atoms with Gasteiger partial charge >= 0.3 is 0 Å². The van der Waals surface area contributed by atoms with E-state index in [9.17, 15) is 8.42 Å². The van der Waals surface area contributed by atoms with Crippen molar-refractivity contribution in [3.63, 3.8) is 0 Å². The summed E-state index contributed by atoms with van der Waals surface area (Å²) in [5, 5.41) is 4.03. The van der Waals surface area contributed by atoms with Crippen molar-refractivity contribution in [1.29, 1.82) is 0 Å². The van der Waals surface area contributed by atoms with Crippen molar-refractivity contribution in [2.24, 2.45) is 7.05 Å². The van der Waals surface area contributed by atoms with E-state index in [4.69, 9.17) is 21.8 Å². The average molecular weight is 394 g/mol. The third-order valence-electron chi connectivity index (χ3n) is 3.75. The summed E-state index contributed by atoms with van der Waals surface area (Å²) in [4.78, 5) is 12.2. The number of rotatable bonds is 3. The summed E-state index contributed by atoms with van der Waals surface area (Å²) >= 11 is 6.13. The first-order valence-corrected chi connectivity index (χ1v) is 9.11. The van der Waals surface area contributed by atoms with Crippen LogP contribution in [0.3, 0.4) is 0 Å². The molecule has 10 nitrogen and oxygen atoms in total. The Morgan fingerprint density at radius 2 is 2.08 bits per heavy atom. The zero-order chi connectivity index (χ0) is 18.6. The molecule has 4 heterocycles. The van der Waals surface area contributed by atoms with Crippen LogP contribution in [-0.2, 0) is 17.1 Å². The number of halogens is 1. The van der Waals surface area contributed by atoms with Gasteiger partial charge in [0.2, 0.25) is 5.95 Å². The molecule has 0 fully saturated rings. The standard InChI is InChI=1S/C14H12ClN7O3S/c1-7-11(12(15)21(2)20-7)26(23,24)22-6-17-10-9(8-4-3-5-25-8)18-14(16)19-13(10)22/h3-6H,1-2H3,(H2,16,18,19). The Kier molecular flexibility index (Phi) is 3.53. The number of nitrogens with zero attached hydrogens (tertiary/aromatic N) is 6. The maximum atomic E-state index is 13.1. The lowest BCUT2D eigenvalue weighted by Gasteiger charge is -2.06. The maximum absolute atomic E-state index is 13.1. The Bertz CT molecular complexity index is 1240. The summed E-state index contributed by atoms with van der Waals surface area (Å²) in [6.45, 7) is 1.55. The quantitative estimate of drug-likeness (QED) is 0.554. The zero-order valence-electron chi connectivity index (χ0n) is 13.6. The van der Waals surface area contributed by atoms with E-state index in [-0.39, 0.29) is 32.9 Å². The van der Waals surface area contributed by atoms with Crippen molar-refractivity contribution in [2.45, 2.75) is 11.8 Å². The lowest BCUT2D eigenvalue weighted by Crippen LogP contribution is -2.14. The Morgan fingerprint density at radius 1 is 1.31 bits per heavy atom. The first-order valence-electron chi connectivity index (χ1n) is 7.30. The van der Waals surface area contributed by atoms with Crippen LogP contribution in [0.15, 0.2) is 34.0 Å². The van der Waals surface area contributed by atoms with E-state index in [0.29, 0.717) is 11.5 Å². The molecule has 12 heteroatoms. The lowest BCUT2D eigenvalue weighted by molar-refractivity contribution is 0.580. The monoisotopic (exact) mass is 393 g/mol. The predicted octanol–water partition coefficient (Wildman–Crippen LogP) is 1.60. The Labute approximate surface area is 152 Å². The second-order valence-corrected chi connectivity index (χ2v) is 7.56. The van der Waals surface area contributed by atoms with E-state index < -0.39 is 10.0 Å². The van der Waals surface area contributed by atoms with Gasteiger partial charge in [-0.3, -0.25) is 4.68 Å². The molecule has 0 aromatic carbocycles. The molecule has 0 spiro atoms. The van der Waals surface area contributed by atoms with Gasteiger partial charge in [0.15, 0.2) is 11.4 Å². The SMILES string of the molecule is Cc1nn(C)c(Cl)c1S(=O)(=O)n1cnc2c(-c3ccco3)nc(N)nc21. The van der Waals surface area contributed by atoms with Crippen molar-refractivity contribution >= 4 is 38.7 Å². The molecule has 0 saturated heterocycles. The lowest BCUT2D eigenvalue weighted by atomic mass is 10.3. The summed E-state index contributed by atoms with van der Waals surface area (Å²) < 4.78 is 33.8.